The number of benzene rings is 2. The van der Waals surface area contributed by atoms with Gasteiger partial charge in [-0.05, 0) is 85.5 Å². The third-order valence-electron chi connectivity index (χ3n) is 9.10. The van der Waals surface area contributed by atoms with Crippen molar-refractivity contribution in [3.8, 4) is 22.8 Å². The van der Waals surface area contributed by atoms with Gasteiger partial charge in [-0.1, -0.05) is 19.9 Å². The van der Waals surface area contributed by atoms with Crippen molar-refractivity contribution >= 4 is 28.6 Å². The molecule has 4 N–H and O–H groups in total. The van der Waals surface area contributed by atoms with E-state index in [9.17, 15) is 14.4 Å². The second-order valence-corrected chi connectivity index (χ2v) is 12.4. The topological polar surface area (TPSA) is 130 Å². The lowest BCUT2D eigenvalue weighted by Crippen LogP contribution is -2.49. The summed E-state index contributed by atoms with van der Waals surface area (Å²) in [6.45, 7) is 7.37. The van der Waals surface area contributed by atoms with Crippen LogP contribution in [-0.2, 0) is 14.4 Å². The zero-order valence-electron chi connectivity index (χ0n) is 26.3. The molecule has 10 nitrogen and oxygen atoms in total. The van der Waals surface area contributed by atoms with Crippen LogP contribution in [0.5, 0.6) is 11.5 Å². The minimum Gasteiger partial charge on any atom is -0.493 e. The van der Waals surface area contributed by atoms with Crippen molar-refractivity contribution in [3.05, 3.63) is 47.5 Å². The zero-order chi connectivity index (χ0) is 31.4. The van der Waals surface area contributed by atoms with Gasteiger partial charge in [-0.3, -0.25) is 19.3 Å². The van der Waals surface area contributed by atoms with E-state index in [4.69, 9.17) is 15.2 Å². The molecule has 0 aliphatic carbocycles. The highest BCUT2D eigenvalue weighted by molar-refractivity contribution is 5.92. The highest BCUT2D eigenvalue weighted by atomic mass is 16.5. The minimum absolute atomic E-state index is 0.115. The summed E-state index contributed by atoms with van der Waals surface area (Å²) in [5, 5.41) is 3.84. The normalized spacial score (nSPS) is 18.0. The number of nitrogens with one attached hydrogen (secondary N) is 2. The first-order valence-electron chi connectivity index (χ1n) is 15.6. The van der Waals surface area contributed by atoms with Crippen LogP contribution in [0.4, 0.5) is 0 Å². The summed E-state index contributed by atoms with van der Waals surface area (Å²) in [6.07, 6.45) is 3.43. The molecule has 44 heavy (non-hydrogen) atoms. The number of rotatable bonds is 10. The zero-order valence-corrected chi connectivity index (χ0v) is 26.3. The van der Waals surface area contributed by atoms with Crippen LogP contribution >= 0.6 is 0 Å². The number of ether oxygens (including phenoxy) is 2. The summed E-state index contributed by atoms with van der Waals surface area (Å²) < 4.78 is 11.0. The fourth-order valence-electron chi connectivity index (χ4n) is 6.79. The van der Waals surface area contributed by atoms with Crippen molar-refractivity contribution in [1.29, 1.82) is 0 Å². The van der Waals surface area contributed by atoms with Gasteiger partial charge < -0.3 is 30.4 Å². The van der Waals surface area contributed by atoms with Crippen molar-refractivity contribution in [2.24, 2.45) is 11.7 Å². The molecule has 2 saturated heterocycles. The molecule has 3 aromatic rings. The highest BCUT2D eigenvalue weighted by Crippen LogP contribution is 2.40. The first-order chi connectivity index (χ1) is 21.2. The molecule has 3 amide bonds. The van der Waals surface area contributed by atoms with E-state index < -0.39 is 5.91 Å². The highest BCUT2D eigenvalue weighted by Gasteiger charge is 2.30. The molecule has 0 radical (unpaired) electrons. The molecule has 2 aliphatic rings. The standard InChI is InChI=1S/C34H45N5O5/c1-21(2)32-26-16-23(7-9-27(26)37-33(32)24-8-10-28(43-3)29(17-24)44-4)22-11-14-39(15-12-22)31(41)20-38-13-5-6-25(19-38)34(42)36-18-30(35)40/h7-10,16-17,21-22,25,37H,5-6,11-15,18-20H2,1-4H3,(H2,35,40)(H,36,42)/t25-/m1/s1. The quantitative estimate of drug-likeness (QED) is 0.321. The number of aromatic amines is 1. The van der Waals surface area contributed by atoms with Crippen LogP contribution in [0, 0.1) is 5.92 Å². The largest absolute Gasteiger partial charge is 0.493 e. The Labute approximate surface area is 259 Å². The van der Waals surface area contributed by atoms with Gasteiger partial charge in [0, 0.05) is 36.1 Å². The second kappa shape index (κ2) is 13.7. The fraction of sp³-hybridized carbons (Fsp3) is 0.500. The number of carbonyl (C=O) groups is 3. The SMILES string of the molecule is COc1ccc(-c2[nH]c3ccc(C4CCN(C(=O)CN5CCC[C@@H](C(=O)NCC(N)=O)C5)CC4)cc3c2C(C)C)cc1OC. The van der Waals surface area contributed by atoms with Crippen molar-refractivity contribution < 1.29 is 23.9 Å². The predicted molar refractivity (Wildman–Crippen MR) is 171 cm³/mol. The van der Waals surface area contributed by atoms with E-state index in [-0.39, 0.29) is 24.3 Å². The van der Waals surface area contributed by atoms with Crippen LogP contribution in [0.2, 0.25) is 0 Å². The maximum Gasteiger partial charge on any atom is 0.236 e. The van der Waals surface area contributed by atoms with Gasteiger partial charge in [0.25, 0.3) is 0 Å². The third kappa shape index (κ3) is 6.85. The number of piperidine rings is 2. The number of H-pyrrole nitrogens is 1. The number of fused-ring (bicyclic) bond motifs is 1. The summed E-state index contributed by atoms with van der Waals surface area (Å²) in [7, 11) is 3.30. The summed E-state index contributed by atoms with van der Waals surface area (Å²) >= 11 is 0. The van der Waals surface area contributed by atoms with Crippen LogP contribution in [0.1, 0.15) is 62.5 Å². The summed E-state index contributed by atoms with van der Waals surface area (Å²) in [6, 6.07) is 12.8. The van der Waals surface area contributed by atoms with E-state index >= 15 is 0 Å². The Balaban J connectivity index is 1.24. The van der Waals surface area contributed by atoms with Crippen molar-refractivity contribution in [2.75, 3.05) is 53.5 Å². The van der Waals surface area contributed by atoms with Gasteiger partial charge in [-0.15, -0.1) is 0 Å². The average Bonchev–Trinajstić information content (AvgIpc) is 3.42. The van der Waals surface area contributed by atoms with E-state index in [0.717, 1.165) is 62.1 Å². The van der Waals surface area contributed by atoms with E-state index in [0.29, 0.717) is 36.4 Å². The molecule has 5 rings (SSSR count). The number of nitrogens with zero attached hydrogens (tertiary/aromatic N) is 2. The maximum atomic E-state index is 13.2. The molecular weight excluding hydrogens is 558 g/mol. The number of hydrogen-bond acceptors (Lipinski definition) is 6. The fourth-order valence-corrected chi connectivity index (χ4v) is 6.79. The third-order valence-corrected chi connectivity index (χ3v) is 9.10. The summed E-state index contributed by atoms with van der Waals surface area (Å²) in [4.78, 5) is 44.4. The Morgan fingerprint density at radius 1 is 1.00 bits per heavy atom. The van der Waals surface area contributed by atoms with Gasteiger partial charge in [0.2, 0.25) is 17.7 Å². The average molecular weight is 604 g/mol. The Hall–Kier alpha value is -4.05. The van der Waals surface area contributed by atoms with Gasteiger partial charge in [-0.2, -0.15) is 0 Å². The second-order valence-electron chi connectivity index (χ2n) is 12.4. The Morgan fingerprint density at radius 2 is 1.75 bits per heavy atom. The smallest absolute Gasteiger partial charge is 0.236 e. The number of aromatic nitrogens is 1. The molecule has 0 bridgehead atoms. The van der Waals surface area contributed by atoms with Crippen LogP contribution < -0.4 is 20.5 Å². The molecule has 2 fully saturated rings. The van der Waals surface area contributed by atoms with Crippen LogP contribution in [-0.4, -0.2) is 86.0 Å². The van der Waals surface area contributed by atoms with Gasteiger partial charge in [0.1, 0.15) is 0 Å². The summed E-state index contributed by atoms with van der Waals surface area (Å²) in [5.41, 5.74) is 11.0. The Kier molecular flexibility index (Phi) is 9.78. The number of methoxy groups -OCH3 is 2. The number of amides is 3. The molecule has 236 valence electrons. The van der Waals surface area contributed by atoms with Crippen LogP contribution in [0.15, 0.2) is 36.4 Å². The lowest BCUT2D eigenvalue weighted by Gasteiger charge is -2.36. The van der Waals surface area contributed by atoms with Crippen LogP contribution in [0.3, 0.4) is 0 Å². The molecule has 3 heterocycles. The maximum absolute atomic E-state index is 13.2. The van der Waals surface area contributed by atoms with E-state index in [1.165, 1.54) is 16.5 Å². The van der Waals surface area contributed by atoms with Crippen LogP contribution in [0.25, 0.3) is 22.2 Å². The lowest BCUT2D eigenvalue weighted by atomic mass is 9.87. The number of hydrogen-bond donors (Lipinski definition) is 3. The van der Waals surface area contributed by atoms with Gasteiger partial charge in [0.05, 0.1) is 38.9 Å². The molecule has 0 saturated carbocycles. The lowest BCUT2D eigenvalue weighted by molar-refractivity contribution is -0.135. The summed E-state index contributed by atoms with van der Waals surface area (Å²) in [5.74, 6) is 1.26. The van der Waals surface area contributed by atoms with Gasteiger partial charge >= 0.3 is 0 Å². The van der Waals surface area contributed by atoms with Crippen molar-refractivity contribution in [1.82, 2.24) is 20.1 Å². The number of primary amides is 1. The van der Waals surface area contributed by atoms with Crippen molar-refractivity contribution in [3.63, 3.8) is 0 Å². The Morgan fingerprint density at radius 3 is 2.43 bits per heavy atom. The molecule has 0 unspecified atom stereocenters. The first kappa shape index (κ1) is 31.4. The van der Waals surface area contributed by atoms with Gasteiger partial charge in [0.15, 0.2) is 11.5 Å². The predicted octanol–water partition coefficient (Wildman–Crippen LogP) is 4.00. The number of likely N-dealkylation sites (tertiary alicyclic amines) is 2. The molecule has 1 atom stereocenters. The molecule has 2 aromatic carbocycles. The molecular formula is C34H45N5O5. The van der Waals surface area contributed by atoms with Crippen molar-refractivity contribution in [2.45, 2.75) is 51.4 Å². The minimum atomic E-state index is -0.558. The molecule has 1 aromatic heterocycles. The molecule has 10 heteroatoms. The molecule has 0 spiro atoms. The number of nitrogens with two attached hydrogens (primary N) is 1. The van der Waals surface area contributed by atoms with E-state index in [1.54, 1.807) is 14.2 Å². The van der Waals surface area contributed by atoms with Gasteiger partial charge in [-0.25, -0.2) is 0 Å². The number of carbonyl (C=O) groups excluding carboxylic acids is 3. The monoisotopic (exact) mass is 603 g/mol. The first-order valence-corrected chi connectivity index (χ1v) is 15.6. The van der Waals surface area contributed by atoms with E-state index in [2.05, 4.69) is 53.3 Å². The van der Waals surface area contributed by atoms with E-state index in [1.807, 2.05) is 17.0 Å². The molecule has 2 aliphatic heterocycles. The Bertz CT molecular complexity index is 1510.